The molecule has 132 valence electrons. The number of nitrogens with zero attached hydrogens (tertiary/aromatic N) is 4. The van der Waals surface area contributed by atoms with Crippen molar-refractivity contribution in [1.82, 2.24) is 14.5 Å². The zero-order valence-electron chi connectivity index (χ0n) is 14.2. The van der Waals surface area contributed by atoms with E-state index in [2.05, 4.69) is 34.3 Å². The Morgan fingerprint density at radius 3 is 3.00 bits per heavy atom. The minimum absolute atomic E-state index is 0.234. The van der Waals surface area contributed by atoms with Crippen LogP contribution in [0.1, 0.15) is 11.4 Å². The molecule has 1 aromatic carbocycles. The predicted octanol–water partition coefficient (Wildman–Crippen LogP) is 3.67. The average Bonchev–Trinajstić information content (AvgIpc) is 3.37. The molecule has 0 saturated carbocycles. The molecule has 6 nitrogen and oxygen atoms in total. The number of hydrogen-bond donors (Lipinski definition) is 0. The van der Waals surface area contributed by atoms with Crippen LogP contribution in [-0.4, -0.2) is 40.2 Å². The highest BCUT2D eigenvalue weighted by Crippen LogP contribution is 2.31. The Labute approximate surface area is 155 Å². The molecule has 7 heteroatoms. The van der Waals surface area contributed by atoms with Gasteiger partial charge in [-0.15, -0.1) is 11.3 Å². The summed E-state index contributed by atoms with van der Waals surface area (Å²) < 4.78 is 7.07. The number of para-hydroxylation sites is 1. The summed E-state index contributed by atoms with van der Waals surface area (Å²) in [6, 6.07) is 10.4. The third-order valence-corrected chi connectivity index (χ3v) is 5.43. The molecule has 2 aromatic heterocycles. The summed E-state index contributed by atoms with van der Waals surface area (Å²) in [6.07, 6.45) is 3.06. The summed E-state index contributed by atoms with van der Waals surface area (Å²) in [7, 11) is 0. The van der Waals surface area contributed by atoms with Crippen molar-refractivity contribution in [1.29, 1.82) is 5.26 Å². The van der Waals surface area contributed by atoms with E-state index in [1.165, 1.54) is 0 Å². The molecule has 1 saturated heterocycles. The van der Waals surface area contributed by atoms with Gasteiger partial charge in [0.15, 0.2) is 0 Å². The average molecular weight is 366 g/mol. The van der Waals surface area contributed by atoms with Gasteiger partial charge in [-0.1, -0.05) is 18.2 Å². The number of nitriles is 1. The van der Waals surface area contributed by atoms with Gasteiger partial charge in [-0.05, 0) is 6.07 Å². The largest absolute Gasteiger partial charge is 0.448 e. The molecule has 0 aliphatic carbocycles. The van der Waals surface area contributed by atoms with Crippen molar-refractivity contribution in [3.63, 3.8) is 0 Å². The maximum atomic E-state index is 11.5. The second-order valence-electron chi connectivity index (χ2n) is 6.14. The molecule has 26 heavy (non-hydrogen) atoms. The lowest BCUT2D eigenvalue weighted by atomic mass is 10.1. The van der Waals surface area contributed by atoms with E-state index >= 15 is 0 Å². The van der Waals surface area contributed by atoms with Crippen LogP contribution < -0.4 is 0 Å². The van der Waals surface area contributed by atoms with E-state index in [1.807, 2.05) is 12.1 Å². The topological polar surface area (TPSA) is 71.2 Å². The quantitative estimate of drug-likeness (QED) is 0.667. The summed E-state index contributed by atoms with van der Waals surface area (Å²) in [5.74, 6) is 0. The maximum absolute atomic E-state index is 11.5. The van der Waals surface area contributed by atoms with Gasteiger partial charge in [0.05, 0.1) is 29.7 Å². The second kappa shape index (κ2) is 7.18. The summed E-state index contributed by atoms with van der Waals surface area (Å²) in [6.45, 7) is 2.44. The van der Waals surface area contributed by atoms with Crippen LogP contribution in [0.25, 0.3) is 22.2 Å². The molecule has 0 unspecified atom stereocenters. The lowest BCUT2D eigenvalue weighted by molar-refractivity contribution is 0.159. The van der Waals surface area contributed by atoms with Gasteiger partial charge in [0.2, 0.25) is 0 Å². The number of rotatable bonds is 6. The zero-order chi connectivity index (χ0) is 17.9. The van der Waals surface area contributed by atoms with E-state index in [9.17, 15) is 4.79 Å². The number of thiazole rings is 1. The number of aromatic nitrogens is 2. The van der Waals surface area contributed by atoms with Crippen molar-refractivity contribution in [3.8, 4) is 17.3 Å². The fourth-order valence-corrected chi connectivity index (χ4v) is 4.00. The molecule has 4 rings (SSSR count). The Bertz CT molecular complexity index is 985. The Balaban J connectivity index is 1.57. The van der Waals surface area contributed by atoms with E-state index in [1.54, 1.807) is 16.2 Å². The van der Waals surface area contributed by atoms with Crippen LogP contribution in [0.15, 0.2) is 35.8 Å². The van der Waals surface area contributed by atoms with Crippen LogP contribution in [0.2, 0.25) is 0 Å². The molecule has 0 radical (unpaired) electrons. The zero-order valence-corrected chi connectivity index (χ0v) is 15.0. The number of hydrogen-bond acceptors (Lipinski definition) is 5. The molecular formula is C19H18N4O2S. The van der Waals surface area contributed by atoms with E-state index in [0.717, 1.165) is 33.6 Å². The third kappa shape index (κ3) is 3.16. The van der Waals surface area contributed by atoms with Gasteiger partial charge in [0.25, 0.3) is 0 Å². The summed E-state index contributed by atoms with van der Waals surface area (Å²) in [4.78, 5) is 18.0. The monoisotopic (exact) mass is 366 g/mol. The van der Waals surface area contributed by atoms with Crippen molar-refractivity contribution in [2.24, 2.45) is 0 Å². The van der Waals surface area contributed by atoms with Crippen LogP contribution >= 0.6 is 11.3 Å². The maximum Gasteiger partial charge on any atom is 0.409 e. The van der Waals surface area contributed by atoms with Gasteiger partial charge in [-0.2, -0.15) is 5.26 Å². The molecule has 0 atom stereocenters. The molecule has 1 fully saturated rings. The number of cyclic esters (lactones) is 1. The first kappa shape index (κ1) is 16.6. The number of aryl methyl sites for hydroxylation is 1. The fraction of sp³-hybridized carbons (Fsp3) is 0.316. The highest BCUT2D eigenvalue weighted by atomic mass is 32.1. The second-order valence-corrected chi connectivity index (χ2v) is 7.08. The lowest BCUT2D eigenvalue weighted by Gasteiger charge is -2.10. The Kier molecular flexibility index (Phi) is 4.59. The van der Waals surface area contributed by atoms with Crippen LogP contribution in [0.4, 0.5) is 4.79 Å². The first-order valence-electron chi connectivity index (χ1n) is 8.57. The van der Waals surface area contributed by atoms with Crippen molar-refractivity contribution in [3.05, 3.63) is 40.8 Å². The molecule has 1 aliphatic rings. The first-order valence-corrected chi connectivity index (χ1v) is 9.45. The van der Waals surface area contributed by atoms with E-state index in [4.69, 9.17) is 15.0 Å². The molecule has 3 heterocycles. The first-order chi connectivity index (χ1) is 12.8. The minimum Gasteiger partial charge on any atom is -0.448 e. The standard InChI is InChI=1S/C19H18N4O2S/c20-7-3-8-23-12-15(14-4-1-2-5-17(14)23)16-13-26-18(21-16)6-9-22-10-11-25-19(22)24/h1-2,4-5,12-13H,3,6,8-11H2. The molecule has 0 N–H and O–H groups in total. The molecule has 1 aliphatic heterocycles. The van der Waals surface area contributed by atoms with Gasteiger partial charge < -0.3 is 14.2 Å². The lowest BCUT2D eigenvalue weighted by Crippen LogP contribution is -2.26. The van der Waals surface area contributed by atoms with Crippen molar-refractivity contribution in [2.45, 2.75) is 19.4 Å². The van der Waals surface area contributed by atoms with Gasteiger partial charge in [0.1, 0.15) is 6.61 Å². The number of amides is 1. The Morgan fingerprint density at radius 1 is 1.31 bits per heavy atom. The van der Waals surface area contributed by atoms with Crippen molar-refractivity contribution in [2.75, 3.05) is 19.7 Å². The van der Waals surface area contributed by atoms with E-state index in [0.29, 0.717) is 32.7 Å². The SMILES string of the molecule is N#CCCn1cc(-c2csc(CCN3CCOC3=O)n2)c2ccccc21. The van der Waals surface area contributed by atoms with E-state index < -0.39 is 0 Å². The van der Waals surface area contributed by atoms with Gasteiger partial charge >= 0.3 is 6.09 Å². The summed E-state index contributed by atoms with van der Waals surface area (Å²) in [5.41, 5.74) is 3.15. The van der Waals surface area contributed by atoms with Gasteiger partial charge in [-0.25, -0.2) is 9.78 Å². The fourth-order valence-electron chi connectivity index (χ4n) is 3.22. The molecular weight excluding hydrogens is 348 g/mol. The molecule has 0 spiro atoms. The third-order valence-electron chi connectivity index (χ3n) is 4.52. The number of carbonyl (C=O) groups excluding carboxylic acids is 1. The normalized spacial score (nSPS) is 14.0. The van der Waals surface area contributed by atoms with Crippen molar-refractivity contribution >= 4 is 28.3 Å². The van der Waals surface area contributed by atoms with Crippen LogP contribution in [-0.2, 0) is 17.7 Å². The van der Waals surface area contributed by atoms with Crippen LogP contribution in [0, 0.1) is 11.3 Å². The van der Waals surface area contributed by atoms with E-state index in [-0.39, 0.29) is 6.09 Å². The van der Waals surface area contributed by atoms with Crippen LogP contribution in [0.3, 0.4) is 0 Å². The highest BCUT2D eigenvalue weighted by Gasteiger charge is 2.21. The Morgan fingerprint density at radius 2 is 2.19 bits per heavy atom. The summed E-state index contributed by atoms with van der Waals surface area (Å²) in [5, 5.41) is 13.1. The van der Waals surface area contributed by atoms with Gasteiger partial charge in [0, 0.05) is 47.6 Å². The molecule has 0 bridgehead atoms. The minimum atomic E-state index is -0.234. The predicted molar refractivity (Wildman–Crippen MR) is 99.9 cm³/mol. The van der Waals surface area contributed by atoms with Gasteiger partial charge in [-0.3, -0.25) is 0 Å². The van der Waals surface area contributed by atoms with Crippen LogP contribution in [0.5, 0.6) is 0 Å². The molecule has 3 aromatic rings. The number of ether oxygens (including phenoxy) is 1. The number of fused-ring (bicyclic) bond motifs is 1. The summed E-state index contributed by atoms with van der Waals surface area (Å²) >= 11 is 1.61. The smallest absolute Gasteiger partial charge is 0.409 e. The Hall–Kier alpha value is -2.85. The highest BCUT2D eigenvalue weighted by molar-refractivity contribution is 7.10. The number of carbonyl (C=O) groups is 1. The number of benzene rings is 1. The molecule has 1 amide bonds. The van der Waals surface area contributed by atoms with Crippen molar-refractivity contribution < 1.29 is 9.53 Å².